The minimum atomic E-state index is -0.247. The average molecular weight is 458 g/mol. The second-order valence-corrected chi connectivity index (χ2v) is 8.35. The van der Waals surface area contributed by atoms with E-state index in [1.165, 1.54) is 22.8 Å². The Balaban J connectivity index is 1.43. The van der Waals surface area contributed by atoms with Crippen LogP contribution in [0.15, 0.2) is 69.9 Å². The molecule has 0 atom stereocenters. The number of nitrogens with zero attached hydrogens (tertiary/aromatic N) is 3. The van der Waals surface area contributed by atoms with Gasteiger partial charge >= 0.3 is 0 Å². The molecule has 5 aromatic rings. The van der Waals surface area contributed by atoms with Crippen LogP contribution in [0.4, 0.5) is 0 Å². The Morgan fingerprint density at radius 3 is 2.45 bits per heavy atom. The molecule has 0 saturated heterocycles. The van der Waals surface area contributed by atoms with Crippen molar-refractivity contribution in [3.05, 3.63) is 86.9 Å². The number of ether oxygens (including phenoxy) is 1. The maximum atomic E-state index is 12.8. The molecule has 0 fully saturated rings. The van der Waals surface area contributed by atoms with Crippen LogP contribution in [0.2, 0.25) is 0 Å². The van der Waals surface area contributed by atoms with Crippen molar-refractivity contribution in [3.63, 3.8) is 0 Å². The molecule has 0 spiro atoms. The molecular formula is C25H19N3O4S. The Kier molecular flexibility index (Phi) is 5.35. The molecule has 33 heavy (non-hydrogen) atoms. The number of fused-ring (bicyclic) bond motifs is 1. The number of furan rings is 1. The molecule has 8 heteroatoms. The minimum Gasteiger partial charge on any atom is -0.494 e. The molecule has 5 rings (SSSR count). The van der Waals surface area contributed by atoms with Crippen LogP contribution < -0.4 is 14.8 Å². The summed E-state index contributed by atoms with van der Waals surface area (Å²) in [5.41, 5.74) is 2.06. The lowest BCUT2D eigenvalue weighted by molar-refractivity contribution is 0.101. The summed E-state index contributed by atoms with van der Waals surface area (Å²) in [6, 6.07) is 18.3. The lowest BCUT2D eigenvalue weighted by Gasteiger charge is -2.02. The normalized spacial score (nSPS) is 11.9. The van der Waals surface area contributed by atoms with Crippen molar-refractivity contribution < 1.29 is 13.9 Å². The van der Waals surface area contributed by atoms with Gasteiger partial charge in [-0.1, -0.05) is 35.6 Å². The van der Waals surface area contributed by atoms with Crippen LogP contribution in [0.25, 0.3) is 33.7 Å². The van der Waals surface area contributed by atoms with Crippen molar-refractivity contribution in [1.29, 1.82) is 0 Å². The van der Waals surface area contributed by atoms with Gasteiger partial charge in [-0.05, 0) is 50.2 Å². The highest BCUT2D eigenvalue weighted by molar-refractivity contribution is 7.15. The van der Waals surface area contributed by atoms with Crippen LogP contribution in [0.5, 0.6) is 5.75 Å². The highest BCUT2D eigenvalue weighted by atomic mass is 32.1. The number of ketones is 1. The summed E-state index contributed by atoms with van der Waals surface area (Å²) >= 11 is 1.25. The molecule has 0 amide bonds. The van der Waals surface area contributed by atoms with Crippen molar-refractivity contribution >= 4 is 28.2 Å². The van der Waals surface area contributed by atoms with Crippen LogP contribution in [0.3, 0.4) is 0 Å². The molecule has 3 aromatic heterocycles. The van der Waals surface area contributed by atoms with Crippen molar-refractivity contribution in [3.8, 4) is 28.5 Å². The summed E-state index contributed by atoms with van der Waals surface area (Å²) in [5, 5.41) is 4.38. The fraction of sp³-hybridized carbons (Fsp3) is 0.120. The molecule has 0 N–H and O–H groups in total. The van der Waals surface area contributed by atoms with Gasteiger partial charge in [0.1, 0.15) is 21.8 Å². The average Bonchev–Trinajstić information content (AvgIpc) is 3.52. The third kappa shape index (κ3) is 4.08. The molecule has 2 aromatic carbocycles. The Labute approximate surface area is 192 Å². The van der Waals surface area contributed by atoms with E-state index in [9.17, 15) is 9.59 Å². The zero-order chi connectivity index (χ0) is 22.9. The van der Waals surface area contributed by atoms with Gasteiger partial charge in [-0.3, -0.25) is 9.59 Å². The molecule has 0 saturated carbocycles. The molecule has 3 heterocycles. The maximum absolute atomic E-state index is 12.8. The van der Waals surface area contributed by atoms with Gasteiger partial charge in [0.2, 0.25) is 4.96 Å². The highest BCUT2D eigenvalue weighted by Crippen LogP contribution is 2.24. The number of carbonyl (C=O) groups is 1. The van der Waals surface area contributed by atoms with Gasteiger partial charge in [-0.2, -0.15) is 9.50 Å². The quantitative estimate of drug-likeness (QED) is 0.355. The topological polar surface area (TPSA) is 86.7 Å². The molecule has 0 bridgehead atoms. The summed E-state index contributed by atoms with van der Waals surface area (Å²) in [6.07, 6.45) is 1.69. The molecule has 0 radical (unpaired) electrons. The molecule has 0 unspecified atom stereocenters. The summed E-state index contributed by atoms with van der Waals surface area (Å²) < 4.78 is 13.1. The number of hydrogen-bond acceptors (Lipinski definition) is 7. The summed E-state index contributed by atoms with van der Waals surface area (Å²) in [4.78, 5) is 29.3. The Morgan fingerprint density at radius 1 is 1.06 bits per heavy atom. The second kappa shape index (κ2) is 8.48. The number of benzene rings is 2. The number of aromatic nitrogens is 3. The third-order valence-corrected chi connectivity index (χ3v) is 6.04. The van der Waals surface area contributed by atoms with E-state index in [4.69, 9.17) is 9.15 Å². The van der Waals surface area contributed by atoms with Crippen molar-refractivity contribution in [2.75, 3.05) is 6.61 Å². The molecule has 164 valence electrons. The minimum absolute atomic E-state index is 0.0139. The fourth-order valence-corrected chi connectivity index (χ4v) is 4.29. The number of thiazole rings is 1. The molecule has 0 aliphatic heterocycles. The van der Waals surface area contributed by atoms with Gasteiger partial charge in [-0.25, -0.2) is 0 Å². The second-order valence-electron chi connectivity index (χ2n) is 7.34. The summed E-state index contributed by atoms with van der Waals surface area (Å²) in [7, 11) is 0. The van der Waals surface area contributed by atoms with Crippen molar-refractivity contribution in [1.82, 2.24) is 14.6 Å². The van der Waals surface area contributed by atoms with Crippen LogP contribution >= 0.6 is 11.3 Å². The molecule has 0 aliphatic rings. The zero-order valence-corrected chi connectivity index (χ0v) is 18.8. The van der Waals surface area contributed by atoms with Gasteiger partial charge in [0.15, 0.2) is 11.6 Å². The smallest absolute Gasteiger partial charge is 0.291 e. The Hall–Kier alpha value is -4.04. The van der Waals surface area contributed by atoms with Crippen molar-refractivity contribution in [2.24, 2.45) is 0 Å². The van der Waals surface area contributed by atoms with Crippen LogP contribution in [0, 0.1) is 0 Å². The Bertz CT molecular complexity index is 1560. The standard InChI is InChI=1S/C25H19N3O4S/c1-3-31-19-10-8-18(9-11-19)23-26-25-28(27-23)24(30)22(33-25)14-20-12-13-21(32-20)17-6-4-16(5-7-17)15(2)29/h4-14H,3H2,1-2H3. The van der Waals surface area contributed by atoms with E-state index in [1.807, 2.05) is 49.4 Å². The van der Waals surface area contributed by atoms with E-state index in [2.05, 4.69) is 10.1 Å². The number of rotatable bonds is 6. The number of hydrogen-bond donors (Lipinski definition) is 0. The monoisotopic (exact) mass is 457 g/mol. The molecule has 0 aliphatic carbocycles. The van der Waals surface area contributed by atoms with E-state index in [-0.39, 0.29) is 11.3 Å². The number of carbonyl (C=O) groups excluding carboxylic acids is 1. The van der Waals surface area contributed by atoms with E-state index in [0.717, 1.165) is 16.9 Å². The van der Waals surface area contributed by atoms with Crippen LogP contribution in [0.1, 0.15) is 30.0 Å². The van der Waals surface area contributed by atoms with E-state index in [0.29, 0.717) is 39.0 Å². The van der Waals surface area contributed by atoms with Gasteiger partial charge in [0.25, 0.3) is 5.56 Å². The van der Waals surface area contributed by atoms with Crippen molar-refractivity contribution in [2.45, 2.75) is 13.8 Å². The van der Waals surface area contributed by atoms with Crippen LogP contribution in [-0.4, -0.2) is 27.0 Å². The van der Waals surface area contributed by atoms with Gasteiger partial charge in [0.05, 0.1) is 6.61 Å². The first kappa shape index (κ1) is 20.8. The number of Topliss-reactive ketones (excluding diaryl/α,β-unsaturated/α-hetero) is 1. The van der Waals surface area contributed by atoms with Gasteiger partial charge in [-0.15, -0.1) is 5.10 Å². The fourth-order valence-electron chi connectivity index (χ4n) is 3.41. The van der Waals surface area contributed by atoms with E-state index in [1.54, 1.807) is 24.3 Å². The largest absolute Gasteiger partial charge is 0.494 e. The van der Waals surface area contributed by atoms with E-state index >= 15 is 0 Å². The highest BCUT2D eigenvalue weighted by Gasteiger charge is 2.13. The lowest BCUT2D eigenvalue weighted by atomic mass is 10.1. The predicted octanol–water partition coefficient (Wildman–Crippen LogP) is 4.23. The molecular weight excluding hydrogens is 438 g/mol. The van der Waals surface area contributed by atoms with Gasteiger partial charge in [0, 0.05) is 22.8 Å². The first-order chi connectivity index (χ1) is 16.0. The first-order valence-corrected chi connectivity index (χ1v) is 11.2. The van der Waals surface area contributed by atoms with Gasteiger partial charge < -0.3 is 9.15 Å². The van der Waals surface area contributed by atoms with Crippen LogP contribution in [-0.2, 0) is 0 Å². The first-order valence-electron chi connectivity index (χ1n) is 10.4. The third-order valence-electron chi connectivity index (χ3n) is 5.08. The van der Waals surface area contributed by atoms with E-state index < -0.39 is 0 Å². The lowest BCUT2D eigenvalue weighted by Crippen LogP contribution is -2.23. The summed E-state index contributed by atoms with van der Waals surface area (Å²) in [5.74, 6) is 2.48. The maximum Gasteiger partial charge on any atom is 0.291 e. The SMILES string of the molecule is CCOc1ccc(-c2nc3sc(=Cc4ccc(-c5ccc(C(C)=O)cc5)o4)c(=O)n3n2)cc1. The molecule has 7 nitrogen and oxygen atoms in total. The Morgan fingerprint density at radius 2 is 1.79 bits per heavy atom. The zero-order valence-electron chi connectivity index (χ0n) is 17.9. The predicted molar refractivity (Wildman–Crippen MR) is 127 cm³/mol. The summed E-state index contributed by atoms with van der Waals surface area (Å²) in [6.45, 7) is 4.06.